The van der Waals surface area contributed by atoms with Gasteiger partial charge in [0.05, 0.1) is 6.20 Å². The Bertz CT molecular complexity index is 476. The lowest BCUT2D eigenvalue weighted by Crippen LogP contribution is -2.03. The zero-order valence-corrected chi connectivity index (χ0v) is 8.44. The molecule has 0 atom stereocenters. The predicted octanol–water partition coefficient (Wildman–Crippen LogP) is 1.78. The van der Waals surface area contributed by atoms with Crippen molar-refractivity contribution < 1.29 is 4.39 Å². The van der Waals surface area contributed by atoms with Crippen LogP contribution in [0.1, 0.15) is 11.3 Å². The molecular formula is C11H12FN3. The number of rotatable bonds is 2. The molecule has 0 radical (unpaired) electrons. The van der Waals surface area contributed by atoms with Crippen LogP contribution in [0.2, 0.25) is 0 Å². The van der Waals surface area contributed by atoms with Crippen LogP contribution in [0.15, 0.2) is 30.5 Å². The minimum atomic E-state index is -0.285. The molecule has 0 saturated heterocycles. The van der Waals surface area contributed by atoms with Crippen LogP contribution in [0.5, 0.6) is 0 Å². The van der Waals surface area contributed by atoms with E-state index in [-0.39, 0.29) is 5.82 Å². The first-order valence-electron chi connectivity index (χ1n) is 4.72. The molecule has 1 aromatic carbocycles. The highest BCUT2D eigenvalue weighted by molar-refractivity contribution is 5.35. The second-order valence-electron chi connectivity index (χ2n) is 3.32. The Balaban J connectivity index is 2.55. The van der Waals surface area contributed by atoms with Crippen LogP contribution in [0.25, 0.3) is 5.69 Å². The molecule has 0 aliphatic rings. The third-order valence-corrected chi connectivity index (χ3v) is 2.41. The van der Waals surface area contributed by atoms with E-state index >= 15 is 0 Å². The molecule has 2 N–H and O–H groups in total. The van der Waals surface area contributed by atoms with Crippen LogP contribution in [0.4, 0.5) is 4.39 Å². The molecule has 1 aromatic heterocycles. The van der Waals surface area contributed by atoms with Gasteiger partial charge in [0.15, 0.2) is 0 Å². The number of hydrogen-bond donors (Lipinski definition) is 1. The van der Waals surface area contributed by atoms with Gasteiger partial charge in [-0.25, -0.2) is 9.07 Å². The van der Waals surface area contributed by atoms with Gasteiger partial charge in [-0.3, -0.25) is 0 Å². The summed E-state index contributed by atoms with van der Waals surface area (Å²) in [6, 6.07) is 6.54. The van der Waals surface area contributed by atoms with Gasteiger partial charge in [0.1, 0.15) is 11.5 Å². The number of halogens is 1. The number of hydrogen-bond acceptors (Lipinski definition) is 2. The fraction of sp³-hybridized carbons (Fsp3) is 0.182. The Morgan fingerprint density at radius 2 is 2.13 bits per heavy atom. The summed E-state index contributed by atoms with van der Waals surface area (Å²) in [6.45, 7) is 2.29. The van der Waals surface area contributed by atoms with Crippen LogP contribution >= 0.6 is 0 Å². The number of nitrogens with two attached hydrogens (primary N) is 1. The van der Waals surface area contributed by atoms with Crippen molar-refractivity contribution in [3.8, 4) is 5.69 Å². The molecule has 0 saturated carbocycles. The summed E-state index contributed by atoms with van der Waals surface area (Å²) >= 11 is 0. The predicted molar refractivity (Wildman–Crippen MR) is 56.2 cm³/mol. The van der Waals surface area contributed by atoms with Crippen LogP contribution < -0.4 is 5.73 Å². The number of nitrogens with zero attached hydrogens (tertiary/aromatic N) is 2. The van der Waals surface area contributed by atoms with Crippen molar-refractivity contribution in [2.75, 3.05) is 0 Å². The second kappa shape index (κ2) is 3.82. The molecule has 0 fully saturated rings. The third kappa shape index (κ3) is 1.64. The summed E-state index contributed by atoms with van der Waals surface area (Å²) < 4.78 is 15.0. The Morgan fingerprint density at radius 3 is 2.73 bits per heavy atom. The second-order valence-corrected chi connectivity index (χ2v) is 3.32. The summed E-state index contributed by atoms with van der Waals surface area (Å²) in [6.07, 6.45) is 1.67. The summed E-state index contributed by atoms with van der Waals surface area (Å²) in [7, 11) is 0. The van der Waals surface area contributed by atoms with E-state index in [4.69, 9.17) is 5.73 Å². The van der Waals surface area contributed by atoms with Crippen molar-refractivity contribution in [3.63, 3.8) is 0 Å². The van der Waals surface area contributed by atoms with Crippen molar-refractivity contribution in [2.24, 2.45) is 5.73 Å². The van der Waals surface area contributed by atoms with Gasteiger partial charge >= 0.3 is 0 Å². The maximum Gasteiger partial charge on any atom is 0.148 e. The molecule has 0 aliphatic carbocycles. The molecule has 4 heteroatoms. The summed E-state index contributed by atoms with van der Waals surface area (Å²) in [5, 5.41) is 4.11. The lowest BCUT2D eigenvalue weighted by molar-refractivity contribution is 0.608. The minimum absolute atomic E-state index is 0.285. The molecule has 78 valence electrons. The van der Waals surface area contributed by atoms with E-state index in [9.17, 15) is 4.39 Å². The van der Waals surface area contributed by atoms with Gasteiger partial charge in [-0.15, -0.1) is 0 Å². The molecule has 2 aromatic rings. The normalized spacial score (nSPS) is 10.6. The van der Waals surface area contributed by atoms with E-state index in [1.54, 1.807) is 29.1 Å². The van der Waals surface area contributed by atoms with E-state index in [1.807, 2.05) is 6.92 Å². The molecule has 0 aliphatic heterocycles. The molecule has 0 spiro atoms. The van der Waals surface area contributed by atoms with Crippen LogP contribution in [-0.4, -0.2) is 9.78 Å². The summed E-state index contributed by atoms with van der Waals surface area (Å²) in [4.78, 5) is 0. The number of benzene rings is 1. The Hall–Kier alpha value is -1.68. The number of para-hydroxylation sites is 1. The van der Waals surface area contributed by atoms with E-state index in [2.05, 4.69) is 5.10 Å². The molecule has 2 rings (SSSR count). The first-order valence-corrected chi connectivity index (χ1v) is 4.72. The average Bonchev–Trinajstić information content (AvgIpc) is 2.60. The Kier molecular flexibility index (Phi) is 2.51. The standard InChI is InChI=1S/C11H12FN3/c1-8-9(6-13)7-14-15(8)11-5-3-2-4-10(11)12/h2-5,7H,6,13H2,1H3. The van der Waals surface area contributed by atoms with Gasteiger partial charge in [-0.05, 0) is 19.1 Å². The van der Waals surface area contributed by atoms with E-state index < -0.39 is 0 Å². The highest BCUT2D eigenvalue weighted by Crippen LogP contribution is 2.16. The van der Waals surface area contributed by atoms with Crippen molar-refractivity contribution in [3.05, 3.63) is 47.5 Å². The van der Waals surface area contributed by atoms with Crippen LogP contribution in [-0.2, 0) is 6.54 Å². The van der Waals surface area contributed by atoms with Crippen molar-refractivity contribution in [1.29, 1.82) is 0 Å². The zero-order valence-electron chi connectivity index (χ0n) is 8.44. The van der Waals surface area contributed by atoms with Gasteiger partial charge in [0.2, 0.25) is 0 Å². The quantitative estimate of drug-likeness (QED) is 0.812. The maximum absolute atomic E-state index is 13.5. The van der Waals surface area contributed by atoms with Crippen molar-refractivity contribution in [1.82, 2.24) is 9.78 Å². The Labute approximate surface area is 87.3 Å². The molecule has 0 amide bonds. The van der Waals surface area contributed by atoms with Crippen molar-refractivity contribution >= 4 is 0 Å². The lowest BCUT2D eigenvalue weighted by atomic mass is 10.2. The third-order valence-electron chi connectivity index (χ3n) is 2.41. The van der Waals surface area contributed by atoms with E-state index in [0.29, 0.717) is 12.2 Å². The molecule has 3 nitrogen and oxygen atoms in total. The van der Waals surface area contributed by atoms with Gasteiger partial charge in [-0.2, -0.15) is 5.10 Å². The lowest BCUT2D eigenvalue weighted by Gasteiger charge is -2.05. The first-order chi connectivity index (χ1) is 7.24. The highest BCUT2D eigenvalue weighted by Gasteiger charge is 2.09. The topological polar surface area (TPSA) is 43.8 Å². The molecule has 1 heterocycles. The van der Waals surface area contributed by atoms with E-state index in [1.165, 1.54) is 6.07 Å². The number of aromatic nitrogens is 2. The van der Waals surface area contributed by atoms with Gasteiger partial charge < -0.3 is 5.73 Å². The summed E-state index contributed by atoms with van der Waals surface area (Å²) in [5.74, 6) is -0.285. The fourth-order valence-corrected chi connectivity index (χ4v) is 1.51. The molecule has 0 bridgehead atoms. The average molecular weight is 205 g/mol. The first kappa shape index (κ1) is 9.86. The minimum Gasteiger partial charge on any atom is -0.326 e. The summed E-state index contributed by atoms with van der Waals surface area (Å²) in [5.41, 5.74) is 7.79. The maximum atomic E-state index is 13.5. The van der Waals surface area contributed by atoms with Crippen molar-refractivity contribution in [2.45, 2.75) is 13.5 Å². The molecular weight excluding hydrogens is 193 g/mol. The largest absolute Gasteiger partial charge is 0.326 e. The molecule has 15 heavy (non-hydrogen) atoms. The van der Waals surface area contributed by atoms with Crippen LogP contribution in [0, 0.1) is 12.7 Å². The van der Waals surface area contributed by atoms with Gasteiger partial charge in [0, 0.05) is 17.8 Å². The highest BCUT2D eigenvalue weighted by atomic mass is 19.1. The van der Waals surface area contributed by atoms with E-state index in [0.717, 1.165) is 11.3 Å². The van der Waals surface area contributed by atoms with Crippen LogP contribution in [0.3, 0.4) is 0 Å². The Morgan fingerprint density at radius 1 is 1.40 bits per heavy atom. The van der Waals surface area contributed by atoms with Gasteiger partial charge in [-0.1, -0.05) is 12.1 Å². The monoisotopic (exact) mass is 205 g/mol. The fourth-order valence-electron chi connectivity index (χ4n) is 1.51. The SMILES string of the molecule is Cc1c(CN)cnn1-c1ccccc1F. The zero-order chi connectivity index (χ0) is 10.8. The smallest absolute Gasteiger partial charge is 0.148 e. The van der Waals surface area contributed by atoms with Gasteiger partial charge in [0.25, 0.3) is 0 Å². The molecule has 0 unspecified atom stereocenters.